The molecule has 12 aromatic rings. The molecule has 4 aliphatic heterocycles. The van der Waals surface area contributed by atoms with Crippen molar-refractivity contribution in [2.75, 3.05) is 46.0 Å². The van der Waals surface area contributed by atoms with E-state index < -0.39 is 86.2 Å². The van der Waals surface area contributed by atoms with Crippen LogP contribution in [-0.4, -0.2) is 187 Å². The second-order valence-electron chi connectivity index (χ2n) is 40.4. The Balaban J connectivity index is 0.000000130. The van der Waals surface area contributed by atoms with Crippen LogP contribution in [0.1, 0.15) is 237 Å². The molecule has 35 heteroatoms. The predicted molar refractivity (Wildman–Crippen MR) is 504 cm³/mol. The lowest BCUT2D eigenvalue weighted by atomic mass is 9.68. The fourth-order valence-corrected chi connectivity index (χ4v) is 28.8. The average molecular weight is 1910 g/mol. The third kappa shape index (κ3) is 21.0. The Morgan fingerprint density at radius 3 is 1.12 bits per heavy atom. The Hall–Kier alpha value is -11.5. The number of rotatable bonds is 27. The zero-order valence-corrected chi connectivity index (χ0v) is 80.3. The molecule has 3 atom stereocenters. The first kappa shape index (κ1) is 95.7. The molecule has 1 N–H and O–H groups in total. The molecule has 5 aromatic carbocycles. The molecular weight excluding hydrogens is 1800 g/mol. The summed E-state index contributed by atoms with van der Waals surface area (Å²) in [5.74, 6) is 1.44. The quantitative estimate of drug-likeness (QED) is 0.0467. The lowest BCUT2D eigenvalue weighted by Crippen LogP contribution is -2.47. The molecule has 7 aromatic heterocycles. The first-order chi connectivity index (χ1) is 62.9. The molecule has 0 radical (unpaired) electrons. The van der Waals surface area contributed by atoms with Gasteiger partial charge in [0.05, 0.1) is 97.9 Å². The molecular formula is C99H109F3N12O16S4. The molecule has 134 heavy (non-hydrogen) atoms. The van der Waals surface area contributed by atoms with Crippen molar-refractivity contribution in [1.82, 2.24) is 54.1 Å². The number of ether oxygens (including phenoxy) is 3. The second-order valence-corrected chi connectivity index (χ2v) is 48.7. The number of benzene rings is 5. The van der Waals surface area contributed by atoms with Crippen LogP contribution in [0, 0.1) is 38.4 Å². The van der Waals surface area contributed by atoms with Crippen molar-refractivity contribution in [2.45, 2.75) is 209 Å². The van der Waals surface area contributed by atoms with Crippen molar-refractivity contribution >= 4 is 106 Å². The molecule has 4 saturated heterocycles. The molecule has 0 spiro atoms. The first-order valence-corrected chi connectivity index (χ1v) is 52.3. The van der Waals surface area contributed by atoms with E-state index in [0.29, 0.717) is 119 Å². The average Bonchev–Trinajstić information content (AvgIpc) is 1.47. The number of Topliss-reactive ketones (excluding diaryl/α,β-unsaturated/α-hetero) is 4. The van der Waals surface area contributed by atoms with E-state index in [0.717, 1.165) is 46.2 Å². The summed E-state index contributed by atoms with van der Waals surface area (Å²) in [7, 11) is -12.1. The van der Waals surface area contributed by atoms with Crippen LogP contribution in [0.15, 0.2) is 146 Å². The van der Waals surface area contributed by atoms with Gasteiger partial charge in [-0.15, -0.1) is 0 Å². The van der Waals surface area contributed by atoms with Gasteiger partial charge in [0, 0.05) is 149 Å². The van der Waals surface area contributed by atoms with Crippen molar-refractivity contribution < 1.29 is 85.3 Å². The highest BCUT2D eigenvalue weighted by atomic mass is 32.2. The van der Waals surface area contributed by atoms with Crippen molar-refractivity contribution in [1.29, 1.82) is 5.26 Å². The van der Waals surface area contributed by atoms with E-state index in [-0.39, 0.29) is 124 Å². The summed E-state index contributed by atoms with van der Waals surface area (Å²) in [5, 5.41) is 39.6. The van der Waals surface area contributed by atoms with Crippen LogP contribution >= 0.6 is 0 Å². The Kier molecular flexibility index (Phi) is 25.7. The standard InChI is InChI=1S/C26H30FN3O4S.C25H26FN3O4S.C24H26FN3O5S.C24H27N3O3S/c1-16(27)34-20-7-5-6-17(8-20)23-24-21(30(29-23)19-10-25(2,3)11-19)9-18(13-28-24)22(31)12-26(4)14-35(32,33)15-26;1-15(2)29-21-10-18(22(30)11-25(4)13-34(31,32)14-25)8-19(12-27)23(21)24(28-29)17-6-5-7-20(9-17)33-16(3)26;1-14(25)33-19-5-3-4-15(6-19)22-23-20(28(27-22)17-8-18(29)9-17)7-16(11-26-23)21(30)10-24(2)12-34(31,32)13-24;1-15(2)27-20-10-19(21(28)11-24(3)13-31(29,30)14-24)12-25-23(20)22(26-27)18-6-4-5-17(9-18)16-7-8-16/h5-9,13,16,19H,10-12,14-15H2,1-4H3;5-10,15-16H,11,13-14H2,1-4H3;3-7,11,14,17-18,29H,8-10,12-13H2,1-2H3;4-6,9-10,12,15-16H,7-8,11,13-14H2,1-3H3. The predicted octanol–water partition coefficient (Wildman–Crippen LogP) is 18.1. The van der Waals surface area contributed by atoms with Gasteiger partial charge in [-0.25, -0.2) is 46.8 Å². The number of sulfone groups is 4. The number of nitrogens with zero attached hydrogens (tertiary/aromatic N) is 12. The number of halogens is 3. The topological polar surface area (TPSA) is 386 Å². The first-order valence-electron chi connectivity index (χ1n) is 45.0. The fourth-order valence-electron chi connectivity index (χ4n) is 19.8. The molecule has 3 aliphatic carbocycles. The van der Waals surface area contributed by atoms with E-state index in [1.54, 1.807) is 108 Å². The van der Waals surface area contributed by atoms with Crippen molar-refractivity contribution in [3.8, 4) is 68.3 Å². The molecule has 7 aliphatic rings. The van der Waals surface area contributed by atoms with E-state index in [4.69, 9.17) is 34.6 Å². The van der Waals surface area contributed by atoms with Gasteiger partial charge in [0.2, 0.25) is 19.1 Å². The number of nitriles is 1. The lowest BCUT2D eigenvalue weighted by molar-refractivity contribution is 0.0453. The highest BCUT2D eigenvalue weighted by Gasteiger charge is 2.50. The zero-order valence-electron chi connectivity index (χ0n) is 77.0. The molecule has 3 saturated carbocycles. The number of fused-ring (bicyclic) bond motifs is 4. The highest BCUT2D eigenvalue weighted by Crippen LogP contribution is 2.51. The van der Waals surface area contributed by atoms with Gasteiger partial charge in [0.1, 0.15) is 56.6 Å². The van der Waals surface area contributed by atoms with Crippen LogP contribution in [-0.2, 0) is 39.3 Å². The maximum absolute atomic E-state index is 13.4. The monoisotopic (exact) mass is 1910 g/mol. The maximum Gasteiger partial charge on any atom is 0.235 e. The summed E-state index contributed by atoms with van der Waals surface area (Å²) in [4.78, 5) is 65.9. The highest BCUT2D eigenvalue weighted by molar-refractivity contribution is 7.93. The van der Waals surface area contributed by atoms with Crippen LogP contribution in [0.2, 0.25) is 0 Å². The van der Waals surface area contributed by atoms with Crippen LogP contribution in [0.4, 0.5) is 13.2 Å². The molecule has 19 rings (SSSR count). The third-order valence-electron chi connectivity index (χ3n) is 25.5. The number of hydrogen-bond donors (Lipinski definition) is 1. The summed E-state index contributed by atoms with van der Waals surface area (Å²) in [6, 6.07) is 40.5. The van der Waals surface area contributed by atoms with Crippen LogP contribution in [0.25, 0.3) is 89.0 Å². The Labute approximate surface area is 776 Å². The number of ketones is 4. The molecule has 706 valence electrons. The number of aliphatic hydroxyl groups excluding tert-OH is 1. The molecule has 0 bridgehead atoms. The van der Waals surface area contributed by atoms with Gasteiger partial charge in [-0.2, -0.15) is 25.7 Å². The molecule has 3 unspecified atom stereocenters. The normalized spacial score (nSPS) is 20.4. The van der Waals surface area contributed by atoms with Crippen molar-refractivity contribution in [2.24, 2.45) is 27.1 Å². The van der Waals surface area contributed by atoms with Gasteiger partial charge in [0.25, 0.3) is 0 Å². The van der Waals surface area contributed by atoms with Gasteiger partial charge in [-0.05, 0) is 156 Å². The minimum atomic E-state index is -3.07. The van der Waals surface area contributed by atoms with Gasteiger partial charge in [-0.3, -0.25) is 52.9 Å². The van der Waals surface area contributed by atoms with E-state index >= 15 is 0 Å². The smallest absolute Gasteiger partial charge is 0.235 e. The number of pyridine rings is 3. The van der Waals surface area contributed by atoms with Gasteiger partial charge < -0.3 is 19.3 Å². The van der Waals surface area contributed by atoms with Crippen LogP contribution in [0.5, 0.6) is 17.2 Å². The lowest BCUT2D eigenvalue weighted by Gasteiger charge is -2.42. The summed E-state index contributed by atoms with van der Waals surface area (Å²) < 4.78 is 156. The van der Waals surface area contributed by atoms with Crippen molar-refractivity contribution in [3.63, 3.8) is 0 Å². The Bertz CT molecular complexity index is 7190. The van der Waals surface area contributed by atoms with E-state index in [2.05, 4.69) is 73.0 Å². The largest absolute Gasteiger partial charge is 0.461 e. The van der Waals surface area contributed by atoms with Gasteiger partial charge >= 0.3 is 0 Å². The second kappa shape index (κ2) is 36.0. The van der Waals surface area contributed by atoms with Gasteiger partial charge in [-0.1, -0.05) is 96.1 Å². The van der Waals surface area contributed by atoms with E-state index in [9.17, 15) is 76.4 Å². The van der Waals surface area contributed by atoms with Crippen molar-refractivity contribution in [3.05, 3.63) is 179 Å². The fraction of sp³-hybridized carbons (Fsp3) is 0.455. The van der Waals surface area contributed by atoms with E-state index in [1.807, 2.05) is 68.2 Å². The summed E-state index contributed by atoms with van der Waals surface area (Å²) in [6.45, 7) is 23.7. The third-order valence-corrected chi connectivity index (χ3v) is 34.6. The van der Waals surface area contributed by atoms with E-state index in [1.165, 1.54) is 45.4 Å². The number of aromatic nitrogens is 11. The maximum atomic E-state index is 13.4. The number of carbonyl (C=O) groups is 4. The Morgan fingerprint density at radius 1 is 0.433 bits per heavy atom. The molecule has 11 heterocycles. The Morgan fingerprint density at radius 2 is 0.761 bits per heavy atom. The summed E-state index contributed by atoms with van der Waals surface area (Å²) in [6.07, 6.45) is 5.99. The number of aliphatic hydroxyl groups is 1. The summed E-state index contributed by atoms with van der Waals surface area (Å²) in [5.41, 5.74) is 12.1. The molecule has 7 fully saturated rings. The number of carbonyl (C=O) groups excluding carboxylic acids is 4. The minimum Gasteiger partial charge on any atom is -0.461 e. The summed E-state index contributed by atoms with van der Waals surface area (Å²) >= 11 is 0. The van der Waals surface area contributed by atoms with Gasteiger partial charge in [0.15, 0.2) is 62.5 Å². The zero-order chi connectivity index (χ0) is 96.2. The minimum absolute atomic E-state index is 0.0108. The van der Waals surface area contributed by atoms with Crippen LogP contribution in [0.3, 0.4) is 0 Å². The number of alkyl halides is 3. The van der Waals surface area contributed by atoms with Crippen LogP contribution < -0.4 is 14.2 Å². The SMILES string of the molecule is CC(C)n1nc(-c2cccc(C3CC3)c2)c2ncc(C(=O)CC3(C)CS(=O)(=O)C3)cc21.CC(F)Oc1cccc(-c2nn(C(C)C)c3cc(C(=O)CC4(C)CS(=O)(=O)C4)cc(C#N)c23)c1.CC(F)Oc1cccc(-c2nn(C3CC(C)(C)C3)c3cc(C(=O)CC4(C)CS(=O)(=O)C4)cnc23)c1.CC(F)Oc1cccc(-c2nn(C3CC(O)C3)c3cc(C(=O)CC4(C)CS(=O)(=O)C4)cnc23)c1. The molecule has 28 nitrogen and oxygen atoms in total. The molecule has 0 amide bonds. The number of hydrogen-bond acceptors (Lipinski definition) is 24.